The number of pyridine rings is 1. The fourth-order valence-electron chi connectivity index (χ4n) is 6.33. The average Bonchev–Trinajstić information content (AvgIpc) is 3.11. The number of aromatic nitrogens is 1. The van der Waals surface area contributed by atoms with E-state index >= 15 is 0 Å². The van der Waals surface area contributed by atoms with Crippen LogP contribution in [0.4, 0.5) is 0 Å². The lowest BCUT2D eigenvalue weighted by atomic mass is 9.89. The zero-order valence-corrected chi connectivity index (χ0v) is 30.8. The molecule has 2 aromatic carbocycles. The lowest BCUT2D eigenvalue weighted by Gasteiger charge is -2.27. The quantitative estimate of drug-likeness (QED) is 0.0916. The van der Waals surface area contributed by atoms with Crippen LogP contribution >= 0.6 is 11.6 Å². The topological polar surface area (TPSA) is 116 Å². The summed E-state index contributed by atoms with van der Waals surface area (Å²) in [5, 5.41) is 0.703. The summed E-state index contributed by atoms with van der Waals surface area (Å²) in [5.41, 5.74) is 8.04. The van der Waals surface area contributed by atoms with Gasteiger partial charge in [0.25, 0.3) is 20.2 Å². The van der Waals surface area contributed by atoms with E-state index in [2.05, 4.69) is 58.0 Å². The molecule has 0 atom stereocenters. The lowest BCUT2D eigenvalue weighted by Crippen LogP contribution is -2.38. The van der Waals surface area contributed by atoms with Crippen molar-refractivity contribution >= 4 is 43.0 Å². The van der Waals surface area contributed by atoms with Crippen molar-refractivity contribution in [1.82, 2.24) is 4.90 Å². The highest BCUT2D eigenvalue weighted by Crippen LogP contribution is 2.38. The minimum Gasteiger partial charge on any atom is -0.347 e. The Kier molecular flexibility index (Phi) is 13.4. The summed E-state index contributed by atoms with van der Waals surface area (Å²) in [5.74, 6) is -0.540. The van der Waals surface area contributed by atoms with E-state index in [0.29, 0.717) is 43.8 Å². The van der Waals surface area contributed by atoms with Crippen molar-refractivity contribution in [3.63, 3.8) is 0 Å². The Morgan fingerprint density at radius 3 is 2.12 bits per heavy atom. The van der Waals surface area contributed by atoms with Crippen molar-refractivity contribution in [3.05, 3.63) is 160 Å². The lowest BCUT2D eigenvalue weighted by molar-refractivity contribution is -0.699. The molecule has 268 valence electrons. The van der Waals surface area contributed by atoms with Gasteiger partial charge in [-0.15, -0.1) is 0 Å². The summed E-state index contributed by atoms with van der Waals surface area (Å²) < 4.78 is 65.7. The van der Waals surface area contributed by atoms with E-state index in [4.69, 9.17) is 11.6 Å². The van der Waals surface area contributed by atoms with Gasteiger partial charge in [0.2, 0.25) is 5.69 Å². The number of halogens is 1. The van der Waals surface area contributed by atoms with Crippen LogP contribution in [0.5, 0.6) is 0 Å². The van der Waals surface area contributed by atoms with Crippen LogP contribution in [0.1, 0.15) is 61.8 Å². The maximum absolute atomic E-state index is 11.3. The number of aryl methyl sites for hydroxylation is 1. The number of allylic oxidation sites excluding steroid dienone is 9. The monoisotopic (exact) mass is 747 g/mol. The Bertz CT molecular complexity index is 2090. The largest absolute Gasteiger partial charge is 0.347 e. The molecule has 1 aromatic heterocycles. The van der Waals surface area contributed by atoms with Gasteiger partial charge in [-0.3, -0.25) is 9.11 Å². The van der Waals surface area contributed by atoms with Gasteiger partial charge in [0.15, 0.2) is 6.20 Å². The maximum Gasteiger partial charge on any atom is 0.264 e. The molecule has 0 saturated heterocycles. The smallest absolute Gasteiger partial charge is 0.264 e. The second kappa shape index (κ2) is 17.9. The van der Waals surface area contributed by atoms with Gasteiger partial charge in [0, 0.05) is 47.6 Å². The van der Waals surface area contributed by atoms with E-state index in [1.807, 2.05) is 73.1 Å². The SMILES string of the molecule is O=S(=O)(O)CCCCN1C=CC=C/C1=C(\C=C1/CCCC(/C=C(\c2ccccc2)c2cccc[n+]2CCCCS(=O)(=O)O)=C1Cl)c1ccccc1. The van der Waals surface area contributed by atoms with Crippen LogP contribution in [-0.4, -0.2) is 48.9 Å². The molecule has 3 aromatic rings. The number of hydrogen-bond acceptors (Lipinski definition) is 5. The summed E-state index contributed by atoms with van der Waals surface area (Å²) in [6, 6.07) is 26.3. The van der Waals surface area contributed by atoms with Crippen LogP contribution in [0.15, 0.2) is 144 Å². The van der Waals surface area contributed by atoms with Crippen molar-refractivity contribution in [2.75, 3.05) is 18.1 Å². The van der Waals surface area contributed by atoms with E-state index in [1.54, 1.807) is 0 Å². The minimum absolute atomic E-state index is 0.270. The van der Waals surface area contributed by atoms with E-state index in [9.17, 15) is 25.9 Å². The number of rotatable bonds is 15. The highest BCUT2D eigenvalue weighted by atomic mass is 35.5. The van der Waals surface area contributed by atoms with Gasteiger partial charge >= 0.3 is 0 Å². The Labute approximate surface area is 307 Å². The number of unbranched alkanes of at least 4 members (excludes halogenated alkanes) is 2. The van der Waals surface area contributed by atoms with Gasteiger partial charge in [0.05, 0.1) is 17.1 Å². The fraction of sp³-hybridized carbons (Fsp3) is 0.275. The predicted molar refractivity (Wildman–Crippen MR) is 205 cm³/mol. The van der Waals surface area contributed by atoms with Crippen LogP contribution < -0.4 is 4.57 Å². The normalized spacial score (nSPS) is 17.4. The van der Waals surface area contributed by atoms with Crippen molar-refractivity contribution in [3.8, 4) is 0 Å². The Morgan fingerprint density at radius 1 is 0.784 bits per heavy atom. The molecule has 0 fully saturated rings. The summed E-state index contributed by atoms with van der Waals surface area (Å²) in [4.78, 5) is 2.11. The molecule has 2 N–H and O–H groups in total. The third-order valence-corrected chi connectivity index (χ3v) is 10.9. The maximum atomic E-state index is 11.3. The zero-order chi connectivity index (χ0) is 36.3. The zero-order valence-electron chi connectivity index (χ0n) is 28.4. The van der Waals surface area contributed by atoms with E-state index in [0.717, 1.165) is 64.1 Å². The highest BCUT2D eigenvalue weighted by molar-refractivity contribution is 7.86. The summed E-state index contributed by atoms with van der Waals surface area (Å²) >= 11 is 7.34. The molecule has 2 aliphatic rings. The molecule has 51 heavy (non-hydrogen) atoms. The van der Waals surface area contributed by atoms with E-state index in [-0.39, 0.29) is 11.5 Å². The first-order valence-corrected chi connectivity index (χ1v) is 20.8. The highest BCUT2D eigenvalue weighted by Gasteiger charge is 2.22. The number of benzene rings is 2. The number of nitrogens with zero attached hydrogens (tertiary/aromatic N) is 2. The Morgan fingerprint density at radius 2 is 1.43 bits per heavy atom. The van der Waals surface area contributed by atoms with Crippen molar-refractivity contribution in [2.45, 2.75) is 51.5 Å². The van der Waals surface area contributed by atoms with Crippen LogP contribution in [0.25, 0.3) is 11.1 Å². The van der Waals surface area contributed by atoms with Crippen LogP contribution in [0.2, 0.25) is 0 Å². The molecular weight excluding hydrogens is 704 g/mol. The second-order valence-electron chi connectivity index (χ2n) is 12.6. The number of hydrogen-bond donors (Lipinski definition) is 2. The molecule has 0 radical (unpaired) electrons. The molecule has 0 spiro atoms. The molecule has 5 rings (SSSR count). The predicted octanol–water partition coefficient (Wildman–Crippen LogP) is 8.14. The molecule has 1 aliphatic carbocycles. The molecule has 0 saturated carbocycles. The second-order valence-corrected chi connectivity index (χ2v) is 16.1. The third-order valence-electron chi connectivity index (χ3n) is 8.80. The van der Waals surface area contributed by atoms with Crippen LogP contribution in [0, 0.1) is 0 Å². The first kappa shape index (κ1) is 38.2. The average molecular weight is 748 g/mol. The molecule has 11 heteroatoms. The Balaban J connectivity index is 1.55. The molecule has 8 nitrogen and oxygen atoms in total. The van der Waals surface area contributed by atoms with Crippen molar-refractivity contribution in [1.29, 1.82) is 0 Å². The van der Waals surface area contributed by atoms with Gasteiger partial charge in [-0.25, -0.2) is 0 Å². The first-order chi connectivity index (χ1) is 24.5. The van der Waals surface area contributed by atoms with E-state index < -0.39 is 20.2 Å². The Hall–Kier alpha value is -4.06. The first-order valence-electron chi connectivity index (χ1n) is 17.2. The van der Waals surface area contributed by atoms with E-state index in [1.165, 1.54) is 0 Å². The van der Waals surface area contributed by atoms with Crippen molar-refractivity contribution < 1.29 is 30.5 Å². The van der Waals surface area contributed by atoms with Crippen LogP contribution in [0.3, 0.4) is 0 Å². The molecule has 2 heterocycles. The molecule has 1 aliphatic heterocycles. The molecule has 0 bridgehead atoms. The van der Waals surface area contributed by atoms with Crippen molar-refractivity contribution in [2.24, 2.45) is 0 Å². The van der Waals surface area contributed by atoms with Gasteiger partial charge in [-0.1, -0.05) is 78.3 Å². The third kappa shape index (κ3) is 11.5. The minimum atomic E-state index is -4.01. The summed E-state index contributed by atoms with van der Waals surface area (Å²) in [6.45, 7) is 1.16. The summed E-state index contributed by atoms with van der Waals surface area (Å²) in [7, 11) is -8.03. The molecule has 0 amide bonds. The summed E-state index contributed by atoms with van der Waals surface area (Å²) in [6.07, 6.45) is 18.7. The molecular formula is C40H44ClN2O6S2+. The van der Waals surface area contributed by atoms with Gasteiger partial charge in [0.1, 0.15) is 6.54 Å². The van der Waals surface area contributed by atoms with Gasteiger partial charge in [-0.05, 0) is 91.2 Å². The standard InChI is InChI=1S/C40H43ClN2O6S2/c41-40-34(30-36(32-16-3-1-4-17-32)38-22-7-9-24-42(38)26-11-13-28-50(44,45)46)20-15-21-35(40)31-37(33-18-5-2-6-19-33)39-23-8-10-25-43(39)27-12-14-29-51(47,48)49/h1-10,16-19,22-25,30-31H,11-15,20-21,26-29H2,(H-,44,45,46,47,48,49)/p+1. The molecule has 0 unspecified atom stereocenters. The van der Waals surface area contributed by atoms with Gasteiger partial charge in [-0.2, -0.15) is 21.4 Å². The van der Waals surface area contributed by atoms with Gasteiger partial charge < -0.3 is 4.90 Å². The fourth-order valence-corrected chi connectivity index (χ4v) is 7.76. The van der Waals surface area contributed by atoms with Crippen LogP contribution in [-0.2, 0) is 26.8 Å².